The van der Waals surface area contributed by atoms with Gasteiger partial charge in [-0.15, -0.1) is 0 Å². The molecule has 0 N–H and O–H groups in total. The summed E-state index contributed by atoms with van der Waals surface area (Å²) < 4.78 is 18.3. The van der Waals surface area contributed by atoms with Gasteiger partial charge in [0, 0.05) is 33.3 Å². The third kappa shape index (κ3) is 6.75. The van der Waals surface area contributed by atoms with Gasteiger partial charge in [0.1, 0.15) is 5.82 Å². The number of benzene rings is 1. The standard InChI is InChI=1S/C20H31FN2O2/c1-3-23(20(24)10-13-25-2)16-18-7-5-11-22(15-18)12-9-17-6-4-8-19(21)14-17/h4,6,8,14,18H,3,5,7,9-13,15-16H2,1-2H3/t18-/m0/s1. The van der Waals surface area contributed by atoms with Crippen molar-refractivity contribution >= 4 is 5.91 Å². The molecule has 0 bridgehead atoms. The number of likely N-dealkylation sites (tertiary alicyclic amines) is 1. The topological polar surface area (TPSA) is 32.8 Å². The Kier molecular flexibility index (Phi) is 8.35. The number of hydrogen-bond acceptors (Lipinski definition) is 3. The van der Waals surface area contributed by atoms with Crippen molar-refractivity contribution in [2.45, 2.75) is 32.6 Å². The van der Waals surface area contributed by atoms with Crippen LogP contribution < -0.4 is 0 Å². The minimum absolute atomic E-state index is 0.165. The fourth-order valence-corrected chi connectivity index (χ4v) is 3.55. The molecular weight excluding hydrogens is 319 g/mol. The Balaban J connectivity index is 1.80. The van der Waals surface area contributed by atoms with Crippen LogP contribution >= 0.6 is 0 Å². The van der Waals surface area contributed by atoms with Crippen LogP contribution in [-0.4, -0.2) is 62.1 Å². The zero-order valence-electron chi connectivity index (χ0n) is 15.5. The molecule has 2 rings (SSSR count). The van der Waals surface area contributed by atoms with Gasteiger partial charge in [-0.2, -0.15) is 0 Å². The van der Waals surface area contributed by atoms with E-state index >= 15 is 0 Å². The first-order chi connectivity index (χ1) is 12.1. The SMILES string of the molecule is CCN(C[C@H]1CCCN(CCc2cccc(F)c2)C1)C(=O)CCOC. The number of amides is 1. The molecule has 1 aromatic rings. The summed E-state index contributed by atoms with van der Waals surface area (Å²) in [6.07, 6.45) is 3.66. The summed E-state index contributed by atoms with van der Waals surface area (Å²) in [6, 6.07) is 6.86. The van der Waals surface area contributed by atoms with Crippen LogP contribution in [0.2, 0.25) is 0 Å². The maximum Gasteiger partial charge on any atom is 0.224 e. The van der Waals surface area contributed by atoms with E-state index in [1.165, 1.54) is 12.5 Å². The number of hydrogen-bond donors (Lipinski definition) is 0. The van der Waals surface area contributed by atoms with Crippen LogP contribution in [0, 0.1) is 11.7 Å². The number of ether oxygens (including phenoxy) is 1. The van der Waals surface area contributed by atoms with Crippen molar-refractivity contribution in [2.24, 2.45) is 5.92 Å². The zero-order valence-corrected chi connectivity index (χ0v) is 15.5. The molecule has 25 heavy (non-hydrogen) atoms. The van der Waals surface area contributed by atoms with Gasteiger partial charge in [-0.3, -0.25) is 4.79 Å². The van der Waals surface area contributed by atoms with E-state index in [2.05, 4.69) is 4.90 Å². The van der Waals surface area contributed by atoms with Gasteiger partial charge < -0.3 is 14.5 Å². The van der Waals surface area contributed by atoms with Gasteiger partial charge in [-0.1, -0.05) is 12.1 Å². The lowest BCUT2D eigenvalue weighted by molar-refractivity contribution is -0.132. The largest absolute Gasteiger partial charge is 0.384 e. The molecule has 0 saturated carbocycles. The van der Waals surface area contributed by atoms with E-state index in [9.17, 15) is 9.18 Å². The molecule has 1 amide bonds. The zero-order chi connectivity index (χ0) is 18.1. The second-order valence-electron chi connectivity index (χ2n) is 6.86. The van der Waals surface area contributed by atoms with E-state index in [4.69, 9.17) is 4.74 Å². The first kappa shape index (κ1) is 19.9. The Morgan fingerprint density at radius 3 is 3.00 bits per heavy atom. The quantitative estimate of drug-likeness (QED) is 0.686. The Hall–Kier alpha value is -1.46. The summed E-state index contributed by atoms with van der Waals surface area (Å²) in [5, 5.41) is 0. The molecule has 0 radical (unpaired) electrons. The van der Waals surface area contributed by atoms with Crippen molar-refractivity contribution in [3.8, 4) is 0 Å². The third-order valence-electron chi connectivity index (χ3n) is 4.94. The molecule has 1 atom stereocenters. The third-order valence-corrected chi connectivity index (χ3v) is 4.94. The molecule has 140 valence electrons. The van der Waals surface area contributed by atoms with Gasteiger partial charge in [0.25, 0.3) is 0 Å². The van der Waals surface area contributed by atoms with Crippen LogP contribution in [0.3, 0.4) is 0 Å². The number of carbonyl (C=O) groups is 1. The molecule has 0 spiro atoms. The monoisotopic (exact) mass is 350 g/mol. The van der Waals surface area contributed by atoms with E-state index in [1.807, 2.05) is 17.9 Å². The van der Waals surface area contributed by atoms with Crippen molar-refractivity contribution in [1.82, 2.24) is 9.80 Å². The Morgan fingerprint density at radius 2 is 2.28 bits per heavy atom. The second kappa shape index (κ2) is 10.5. The van der Waals surface area contributed by atoms with E-state index in [0.29, 0.717) is 18.9 Å². The van der Waals surface area contributed by atoms with E-state index in [1.54, 1.807) is 19.2 Å². The second-order valence-corrected chi connectivity index (χ2v) is 6.86. The number of halogens is 1. The predicted octanol–water partition coefficient (Wildman–Crippen LogP) is 2.97. The predicted molar refractivity (Wildman–Crippen MR) is 98.0 cm³/mol. The summed E-state index contributed by atoms with van der Waals surface area (Å²) >= 11 is 0. The molecule has 1 aromatic carbocycles. The molecule has 0 aliphatic carbocycles. The van der Waals surface area contributed by atoms with Crippen molar-refractivity contribution < 1.29 is 13.9 Å². The normalized spacial score (nSPS) is 18.3. The van der Waals surface area contributed by atoms with Gasteiger partial charge in [-0.05, 0) is 56.3 Å². The first-order valence-corrected chi connectivity index (χ1v) is 9.36. The molecule has 4 nitrogen and oxygen atoms in total. The highest BCUT2D eigenvalue weighted by atomic mass is 19.1. The summed E-state index contributed by atoms with van der Waals surface area (Å²) in [7, 11) is 1.63. The van der Waals surface area contributed by atoms with Crippen molar-refractivity contribution in [1.29, 1.82) is 0 Å². The fraction of sp³-hybridized carbons (Fsp3) is 0.650. The maximum absolute atomic E-state index is 13.3. The van der Waals surface area contributed by atoms with Crippen molar-refractivity contribution in [3.05, 3.63) is 35.6 Å². The number of nitrogens with zero attached hydrogens (tertiary/aromatic N) is 2. The van der Waals surface area contributed by atoms with E-state index < -0.39 is 0 Å². The lowest BCUT2D eigenvalue weighted by Crippen LogP contribution is -2.43. The first-order valence-electron chi connectivity index (χ1n) is 9.36. The molecule has 5 heteroatoms. The Labute approximate surface area is 150 Å². The summed E-state index contributed by atoms with van der Waals surface area (Å²) in [6.45, 7) is 7.16. The molecule has 1 aliphatic heterocycles. The highest BCUT2D eigenvalue weighted by molar-refractivity contribution is 5.76. The van der Waals surface area contributed by atoms with Crippen LogP contribution in [0.15, 0.2) is 24.3 Å². The summed E-state index contributed by atoms with van der Waals surface area (Å²) in [5.41, 5.74) is 1.05. The van der Waals surface area contributed by atoms with E-state index in [0.717, 1.165) is 51.1 Å². The lowest BCUT2D eigenvalue weighted by Gasteiger charge is -2.35. The molecule has 0 aromatic heterocycles. The lowest BCUT2D eigenvalue weighted by atomic mass is 9.96. The number of rotatable bonds is 9. The van der Waals surface area contributed by atoms with Crippen LogP contribution in [-0.2, 0) is 16.0 Å². The molecule has 0 unspecified atom stereocenters. The van der Waals surface area contributed by atoms with Gasteiger partial charge in [0.2, 0.25) is 5.91 Å². The average Bonchev–Trinajstić information content (AvgIpc) is 2.63. The van der Waals surface area contributed by atoms with Gasteiger partial charge >= 0.3 is 0 Å². The van der Waals surface area contributed by atoms with Crippen molar-refractivity contribution in [3.63, 3.8) is 0 Å². The van der Waals surface area contributed by atoms with Crippen LogP contribution in [0.5, 0.6) is 0 Å². The molecular formula is C20H31FN2O2. The van der Waals surface area contributed by atoms with Crippen LogP contribution in [0.4, 0.5) is 4.39 Å². The van der Waals surface area contributed by atoms with Crippen LogP contribution in [0.25, 0.3) is 0 Å². The highest BCUT2D eigenvalue weighted by Crippen LogP contribution is 2.19. The molecule has 1 heterocycles. The highest BCUT2D eigenvalue weighted by Gasteiger charge is 2.23. The van der Waals surface area contributed by atoms with E-state index in [-0.39, 0.29) is 11.7 Å². The van der Waals surface area contributed by atoms with Gasteiger partial charge in [0.15, 0.2) is 0 Å². The van der Waals surface area contributed by atoms with Crippen molar-refractivity contribution in [2.75, 3.05) is 46.4 Å². The average molecular weight is 350 g/mol. The molecule has 1 aliphatic rings. The number of piperidine rings is 1. The Morgan fingerprint density at radius 1 is 1.44 bits per heavy atom. The smallest absolute Gasteiger partial charge is 0.224 e. The van der Waals surface area contributed by atoms with Crippen LogP contribution in [0.1, 0.15) is 31.7 Å². The Bertz CT molecular complexity index is 538. The van der Waals surface area contributed by atoms with Gasteiger partial charge in [-0.25, -0.2) is 4.39 Å². The minimum atomic E-state index is -0.165. The summed E-state index contributed by atoms with van der Waals surface area (Å²) in [5.74, 6) is 0.538. The number of methoxy groups -OCH3 is 1. The molecule has 1 saturated heterocycles. The minimum Gasteiger partial charge on any atom is -0.384 e. The van der Waals surface area contributed by atoms with Gasteiger partial charge in [0.05, 0.1) is 13.0 Å². The number of carbonyl (C=O) groups excluding carboxylic acids is 1. The maximum atomic E-state index is 13.3. The fourth-order valence-electron chi connectivity index (χ4n) is 3.55. The summed E-state index contributed by atoms with van der Waals surface area (Å²) in [4.78, 5) is 16.6. The molecule has 1 fully saturated rings.